The van der Waals surface area contributed by atoms with Gasteiger partial charge >= 0.3 is 0 Å². The zero-order valence-corrected chi connectivity index (χ0v) is 12.9. The third-order valence-electron chi connectivity index (χ3n) is 3.08. The molecule has 0 unspecified atom stereocenters. The van der Waals surface area contributed by atoms with Gasteiger partial charge in [0.15, 0.2) is 11.5 Å². The van der Waals surface area contributed by atoms with Crippen molar-refractivity contribution in [3.63, 3.8) is 0 Å². The number of nitrogens with two attached hydrogens (primary N) is 1. The molecule has 0 bridgehead atoms. The first kappa shape index (κ1) is 16.3. The summed E-state index contributed by atoms with van der Waals surface area (Å²) >= 11 is 0. The summed E-state index contributed by atoms with van der Waals surface area (Å²) in [5.41, 5.74) is 6.04. The molecule has 0 spiro atoms. The second kappa shape index (κ2) is 6.61. The topological polar surface area (TPSA) is 64.8 Å². The maximum absolute atomic E-state index is 12.0. The summed E-state index contributed by atoms with van der Waals surface area (Å²) in [6.45, 7) is 4.03. The highest BCUT2D eigenvalue weighted by Gasteiger charge is 2.25. The standard InChI is InChI=1S/C15H24N2O3/c1-15(2,16)14(18)17(3)9-8-11-6-7-12(19-4)13(10-11)20-5/h6-7,10H,8-9,16H2,1-5H3. The number of carbonyl (C=O) groups excluding carboxylic acids is 1. The molecule has 0 saturated carbocycles. The van der Waals surface area contributed by atoms with Gasteiger partial charge in [-0.25, -0.2) is 0 Å². The summed E-state index contributed by atoms with van der Waals surface area (Å²) in [7, 11) is 4.97. The van der Waals surface area contributed by atoms with Crippen LogP contribution in [0.4, 0.5) is 0 Å². The Bertz CT molecular complexity index is 467. The number of benzene rings is 1. The summed E-state index contributed by atoms with van der Waals surface area (Å²) in [5.74, 6) is 1.32. The van der Waals surface area contributed by atoms with Crippen LogP contribution in [0.2, 0.25) is 0 Å². The maximum Gasteiger partial charge on any atom is 0.241 e. The van der Waals surface area contributed by atoms with E-state index in [0.29, 0.717) is 18.0 Å². The minimum atomic E-state index is -0.841. The molecule has 0 aliphatic rings. The van der Waals surface area contributed by atoms with Crippen molar-refractivity contribution in [2.75, 3.05) is 27.8 Å². The van der Waals surface area contributed by atoms with E-state index in [4.69, 9.17) is 15.2 Å². The van der Waals surface area contributed by atoms with Crippen molar-refractivity contribution in [1.29, 1.82) is 0 Å². The predicted molar refractivity (Wildman–Crippen MR) is 79.2 cm³/mol. The summed E-state index contributed by atoms with van der Waals surface area (Å²) in [4.78, 5) is 13.6. The zero-order valence-electron chi connectivity index (χ0n) is 12.9. The zero-order chi connectivity index (χ0) is 15.3. The minimum Gasteiger partial charge on any atom is -0.493 e. The normalized spacial score (nSPS) is 11.1. The quantitative estimate of drug-likeness (QED) is 0.856. The van der Waals surface area contributed by atoms with Crippen LogP contribution in [-0.2, 0) is 11.2 Å². The molecule has 2 N–H and O–H groups in total. The van der Waals surface area contributed by atoms with Crippen LogP contribution < -0.4 is 15.2 Å². The third kappa shape index (κ3) is 4.13. The van der Waals surface area contributed by atoms with Crippen molar-refractivity contribution < 1.29 is 14.3 Å². The Kier molecular flexibility index (Phi) is 5.39. The highest BCUT2D eigenvalue weighted by Crippen LogP contribution is 2.27. The molecule has 0 radical (unpaired) electrons. The van der Waals surface area contributed by atoms with E-state index in [1.54, 1.807) is 40.0 Å². The van der Waals surface area contributed by atoms with Crippen LogP contribution >= 0.6 is 0 Å². The molecular weight excluding hydrogens is 256 g/mol. The molecule has 0 aromatic heterocycles. The van der Waals surface area contributed by atoms with Gasteiger partial charge in [-0.2, -0.15) is 0 Å². The Balaban J connectivity index is 2.69. The molecule has 0 heterocycles. The fraction of sp³-hybridized carbons (Fsp3) is 0.533. The number of amides is 1. The van der Waals surface area contributed by atoms with Crippen molar-refractivity contribution in [3.05, 3.63) is 23.8 Å². The van der Waals surface area contributed by atoms with E-state index in [1.165, 1.54) is 0 Å². The van der Waals surface area contributed by atoms with Crippen molar-refractivity contribution in [2.45, 2.75) is 25.8 Å². The molecule has 0 saturated heterocycles. The molecule has 5 nitrogen and oxygen atoms in total. The third-order valence-corrected chi connectivity index (χ3v) is 3.08. The molecule has 0 fully saturated rings. The Hall–Kier alpha value is -1.75. The van der Waals surface area contributed by atoms with Gasteiger partial charge in [0.1, 0.15) is 0 Å². The van der Waals surface area contributed by atoms with Gasteiger partial charge in [-0.15, -0.1) is 0 Å². The van der Waals surface area contributed by atoms with E-state index < -0.39 is 5.54 Å². The van der Waals surface area contributed by atoms with Gasteiger partial charge in [-0.3, -0.25) is 4.79 Å². The van der Waals surface area contributed by atoms with E-state index in [0.717, 1.165) is 12.0 Å². The number of rotatable bonds is 6. The number of hydrogen-bond donors (Lipinski definition) is 1. The van der Waals surface area contributed by atoms with Gasteiger partial charge < -0.3 is 20.1 Å². The van der Waals surface area contributed by atoms with Gasteiger partial charge in [0.2, 0.25) is 5.91 Å². The Labute approximate surface area is 120 Å². The Morgan fingerprint density at radius 2 is 1.85 bits per heavy atom. The average molecular weight is 280 g/mol. The second-order valence-corrected chi connectivity index (χ2v) is 5.39. The number of ether oxygens (including phenoxy) is 2. The van der Waals surface area contributed by atoms with Gasteiger partial charge in [0, 0.05) is 13.6 Å². The molecule has 0 aliphatic carbocycles. The van der Waals surface area contributed by atoms with Crippen LogP contribution in [0.3, 0.4) is 0 Å². The molecule has 1 amide bonds. The van der Waals surface area contributed by atoms with Crippen molar-refractivity contribution in [2.24, 2.45) is 5.73 Å². The molecule has 5 heteroatoms. The van der Waals surface area contributed by atoms with Crippen LogP contribution in [0, 0.1) is 0 Å². The summed E-state index contributed by atoms with van der Waals surface area (Å²) in [6, 6.07) is 5.75. The highest BCUT2D eigenvalue weighted by molar-refractivity contribution is 5.84. The fourth-order valence-electron chi connectivity index (χ4n) is 1.93. The first-order valence-corrected chi connectivity index (χ1v) is 6.55. The smallest absolute Gasteiger partial charge is 0.241 e. The average Bonchev–Trinajstić information content (AvgIpc) is 2.42. The SMILES string of the molecule is COc1ccc(CCN(C)C(=O)C(C)(C)N)cc1OC. The van der Waals surface area contributed by atoms with Crippen LogP contribution in [0.15, 0.2) is 18.2 Å². The molecular formula is C15H24N2O3. The number of carbonyl (C=O) groups is 1. The number of likely N-dealkylation sites (N-methyl/N-ethyl adjacent to an activating group) is 1. The summed E-state index contributed by atoms with van der Waals surface area (Å²) in [5, 5.41) is 0. The lowest BCUT2D eigenvalue weighted by molar-refractivity contribution is -0.134. The van der Waals surface area contributed by atoms with Gasteiger partial charge in [-0.1, -0.05) is 6.07 Å². The van der Waals surface area contributed by atoms with Crippen LogP contribution in [0.25, 0.3) is 0 Å². The number of nitrogens with zero attached hydrogens (tertiary/aromatic N) is 1. The van der Waals surface area contributed by atoms with Crippen LogP contribution in [-0.4, -0.2) is 44.2 Å². The fourth-order valence-corrected chi connectivity index (χ4v) is 1.93. The monoisotopic (exact) mass is 280 g/mol. The lowest BCUT2D eigenvalue weighted by Gasteiger charge is -2.25. The van der Waals surface area contributed by atoms with E-state index in [-0.39, 0.29) is 5.91 Å². The highest BCUT2D eigenvalue weighted by atomic mass is 16.5. The molecule has 20 heavy (non-hydrogen) atoms. The summed E-state index contributed by atoms with van der Waals surface area (Å²) < 4.78 is 10.5. The van der Waals surface area contributed by atoms with Gasteiger partial charge in [0.25, 0.3) is 0 Å². The molecule has 1 aromatic rings. The first-order valence-electron chi connectivity index (χ1n) is 6.55. The molecule has 1 aromatic carbocycles. The van der Waals surface area contributed by atoms with E-state index in [2.05, 4.69) is 0 Å². The van der Waals surface area contributed by atoms with Crippen molar-refractivity contribution in [3.8, 4) is 11.5 Å². The summed E-state index contributed by atoms with van der Waals surface area (Å²) in [6.07, 6.45) is 0.735. The Morgan fingerprint density at radius 1 is 1.25 bits per heavy atom. The van der Waals surface area contributed by atoms with E-state index >= 15 is 0 Å². The van der Waals surface area contributed by atoms with Gasteiger partial charge in [0.05, 0.1) is 19.8 Å². The van der Waals surface area contributed by atoms with E-state index in [9.17, 15) is 4.79 Å². The lowest BCUT2D eigenvalue weighted by Crippen LogP contribution is -2.50. The van der Waals surface area contributed by atoms with E-state index in [1.807, 2.05) is 18.2 Å². The Morgan fingerprint density at radius 3 is 2.35 bits per heavy atom. The number of hydrogen-bond acceptors (Lipinski definition) is 4. The van der Waals surface area contributed by atoms with Crippen LogP contribution in [0.5, 0.6) is 11.5 Å². The lowest BCUT2D eigenvalue weighted by atomic mass is 10.1. The largest absolute Gasteiger partial charge is 0.493 e. The van der Waals surface area contributed by atoms with Crippen molar-refractivity contribution in [1.82, 2.24) is 4.90 Å². The van der Waals surface area contributed by atoms with Crippen LogP contribution in [0.1, 0.15) is 19.4 Å². The minimum absolute atomic E-state index is 0.0713. The molecule has 0 aliphatic heterocycles. The first-order chi connectivity index (χ1) is 9.29. The molecule has 112 valence electrons. The van der Waals surface area contributed by atoms with Gasteiger partial charge in [-0.05, 0) is 38.0 Å². The molecule has 1 rings (SSSR count). The second-order valence-electron chi connectivity index (χ2n) is 5.39. The predicted octanol–water partition coefficient (Wildman–Crippen LogP) is 1.44. The molecule has 0 atom stereocenters. The van der Waals surface area contributed by atoms with Crippen molar-refractivity contribution >= 4 is 5.91 Å². The maximum atomic E-state index is 12.0. The number of methoxy groups -OCH3 is 2.